The van der Waals surface area contributed by atoms with Crippen LogP contribution in [-0.2, 0) is 13.5 Å². The highest BCUT2D eigenvalue weighted by Crippen LogP contribution is 2.30. The number of hydrogen-bond acceptors (Lipinski definition) is 2. The maximum absolute atomic E-state index is 4.77. The van der Waals surface area contributed by atoms with Gasteiger partial charge >= 0.3 is 0 Å². The van der Waals surface area contributed by atoms with Crippen molar-refractivity contribution >= 4 is 33.7 Å². The van der Waals surface area contributed by atoms with Gasteiger partial charge < -0.3 is 14.9 Å². The van der Waals surface area contributed by atoms with Gasteiger partial charge in [0.05, 0.1) is 22.4 Å². The van der Waals surface area contributed by atoms with E-state index in [1.54, 1.807) is 0 Å². The highest BCUT2D eigenvalue weighted by atomic mass is 15.1. The van der Waals surface area contributed by atoms with Gasteiger partial charge in [0.15, 0.2) is 0 Å². The lowest BCUT2D eigenvalue weighted by Gasteiger charge is -2.18. The molecular weight excluding hydrogens is 296 g/mol. The quantitative estimate of drug-likeness (QED) is 0.563. The van der Waals surface area contributed by atoms with Crippen LogP contribution in [0.4, 0.5) is 0 Å². The lowest BCUT2D eigenvalue weighted by Crippen LogP contribution is -2.22. The molecule has 2 aromatic carbocycles. The predicted molar refractivity (Wildman–Crippen MR) is 98.6 cm³/mol. The first-order valence-electron chi connectivity index (χ1n) is 8.28. The molecule has 24 heavy (non-hydrogen) atoms. The molecule has 4 aromatic rings. The normalized spacial score (nSPS) is 15.8. The first kappa shape index (κ1) is 13.4. The van der Waals surface area contributed by atoms with Gasteiger partial charge in [-0.3, -0.25) is 0 Å². The van der Waals surface area contributed by atoms with Crippen LogP contribution in [0.25, 0.3) is 33.7 Å². The van der Waals surface area contributed by atoms with Gasteiger partial charge in [-0.15, -0.1) is 0 Å². The molecule has 0 saturated carbocycles. The molecule has 0 atom stereocenters. The lowest BCUT2D eigenvalue weighted by atomic mass is 10.0. The zero-order chi connectivity index (χ0) is 16.1. The molecule has 0 unspecified atom stereocenters. The summed E-state index contributed by atoms with van der Waals surface area (Å²) in [5.41, 5.74) is 7.08. The van der Waals surface area contributed by atoms with Crippen molar-refractivity contribution in [3.63, 3.8) is 0 Å². The van der Waals surface area contributed by atoms with Crippen molar-refractivity contribution < 1.29 is 0 Å². The van der Waals surface area contributed by atoms with Crippen LogP contribution in [0.1, 0.15) is 17.1 Å². The summed E-state index contributed by atoms with van der Waals surface area (Å²) >= 11 is 0. The molecule has 0 amide bonds. The van der Waals surface area contributed by atoms with Gasteiger partial charge in [-0.2, -0.15) is 0 Å². The molecule has 3 heterocycles. The molecule has 1 aliphatic rings. The summed E-state index contributed by atoms with van der Waals surface area (Å²) in [5, 5.41) is 4.86. The monoisotopic (exact) mass is 314 g/mol. The minimum absolute atomic E-state index is 0.949. The Bertz CT molecular complexity index is 1100. The maximum Gasteiger partial charge on any atom is 0.135 e. The van der Waals surface area contributed by atoms with Gasteiger partial charge in [-0.05, 0) is 30.2 Å². The summed E-state index contributed by atoms with van der Waals surface area (Å²) in [7, 11) is 2.07. The molecule has 1 aliphatic heterocycles. The van der Waals surface area contributed by atoms with Crippen LogP contribution in [0.3, 0.4) is 0 Å². The van der Waals surface area contributed by atoms with E-state index in [1.165, 1.54) is 22.2 Å². The van der Waals surface area contributed by atoms with Crippen LogP contribution < -0.4 is 5.32 Å². The van der Waals surface area contributed by atoms with Gasteiger partial charge in [0.25, 0.3) is 0 Å². The summed E-state index contributed by atoms with van der Waals surface area (Å²) in [6, 6.07) is 16.8. The zero-order valence-electron chi connectivity index (χ0n) is 13.5. The summed E-state index contributed by atoms with van der Waals surface area (Å²) < 4.78 is 2.14. The third-order valence-corrected chi connectivity index (χ3v) is 4.87. The fourth-order valence-electron chi connectivity index (χ4n) is 3.65. The van der Waals surface area contributed by atoms with E-state index in [0.717, 1.165) is 35.5 Å². The van der Waals surface area contributed by atoms with E-state index in [4.69, 9.17) is 4.98 Å². The number of benzene rings is 2. The molecule has 2 aromatic heterocycles. The minimum Gasteiger partial charge on any atom is -0.383 e. The Morgan fingerprint density at radius 3 is 2.83 bits per heavy atom. The SMILES string of the molecule is Cn1c(/C=C2\NCCc3c2[nH]c2ccccc32)nc2ccccc21. The van der Waals surface area contributed by atoms with Crippen molar-refractivity contribution in [1.29, 1.82) is 0 Å². The van der Waals surface area contributed by atoms with Crippen molar-refractivity contribution in [2.45, 2.75) is 6.42 Å². The van der Waals surface area contributed by atoms with Crippen LogP contribution in [0.15, 0.2) is 48.5 Å². The van der Waals surface area contributed by atoms with Gasteiger partial charge in [0, 0.05) is 30.6 Å². The highest BCUT2D eigenvalue weighted by Gasteiger charge is 2.19. The number of aryl methyl sites for hydroxylation is 1. The fraction of sp³-hybridized carbons (Fsp3) is 0.150. The van der Waals surface area contributed by atoms with Crippen molar-refractivity contribution in [3.8, 4) is 0 Å². The summed E-state index contributed by atoms with van der Waals surface area (Å²) in [5.74, 6) is 0.963. The van der Waals surface area contributed by atoms with Crippen LogP contribution >= 0.6 is 0 Å². The van der Waals surface area contributed by atoms with E-state index < -0.39 is 0 Å². The number of hydrogen-bond donors (Lipinski definition) is 2. The number of aromatic amines is 1. The van der Waals surface area contributed by atoms with Gasteiger partial charge in [0.2, 0.25) is 0 Å². The van der Waals surface area contributed by atoms with Crippen molar-refractivity contribution in [1.82, 2.24) is 19.9 Å². The molecular formula is C20H18N4. The number of nitrogens with one attached hydrogen (secondary N) is 2. The molecule has 0 spiro atoms. The van der Waals surface area contributed by atoms with Crippen LogP contribution in [0, 0.1) is 0 Å². The molecule has 0 radical (unpaired) electrons. The third-order valence-electron chi connectivity index (χ3n) is 4.87. The molecule has 2 N–H and O–H groups in total. The van der Waals surface area contributed by atoms with Crippen molar-refractivity contribution in [2.75, 3.05) is 6.54 Å². The van der Waals surface area contributed by atoms with E-state index in [1.807, 2.05) is 6.07 Å². The largest absolute Gasteiger partial charge is 0.383 e. The molecule has 0 bridgehead atoms. The number of rotatable bonds is 1. The maximum atomic E-state index is 4.77. The fourth-order valence-corrected chi connectivity index (χ4v) is 3.65. The molecule has 0 saturated heterocycles. The Hall–Kier alpha value is -3.01. The second-order valence-electron chi connectivity index (χ2n) is 6.28. The number of para-hydroxylation sites is 3. The molecule has 0 aliphatic carbocycles. The second kappa shape index (κ2) is 4.99. The Labute approximate surface area is 139 Å². The third kappa shape index (κ3) is 1.89. The van der Waals surface area contributed by atoms with Crippen LogP contribution in [0.2, 0.25) is 0 Å². The Balaban J connectivity index is 1.70. The van der Waals surface area contributed by atoms with Crippen molar-refractivity contribution in [3.05, 3.63) is 65.6 Å². The molecule has 4 heteroatoms. The van der Waals surface area contributed by atoms with Gasteiger partial charge in [-0.25, -0.2) is 4.98 Å². The zero-order valence-corrected chi connectivity index (χ0v) is 13.5. The van der Waals surface area contributed by atoms with Crippen LogP contribution in [0.5, 0.6) is 0 Å². The topological polar surface area (TPSA) is 45.6 Å². The standard InChI is InChI=1S/C20H18N4/c1-24-18-9-5-4-8-16(18)22-19(24)12-17-20-14(10-11-21-17)13-6-2-3-7-15(13)23-20/h2-9,12,21,23H,10-11H2,1H3/b17-12-. The number of aromatic nitrogens is 3. The molecule has 118 valence electrons. The summed E-state index contributed by atoms with van der Waals surface area (Å²) in [4.78, 5) is 8.34. The Morgan fingerprint density at radius 1 is 1.08 bits per heavy atom. The van der Waals surface area contributed by atoms with E-state index in [0.29, 0.717) is 0 Å². The first-order chi connectivity index (χ1) is 11.8. The van der Waals surface area contributed by atoms with E-state index >= 15 is 0 Å². The van der Waals surface area contributed by atoms with Crippen molar-refractivity contribution in [2.24, 2.45) is 7.05 Å². The lowest BCUT2D eigenvalue weighted by molar-refractivity contribution is 0.815. The van der Waals surface area contributed by atoms with Crippen LogP contribution in [-0.4, -0.2) is 21.1 Å². The number of fused-ring (bicyclic) bond motifs is 4. The second-order valence-corrected chi connectivity index (χ2v) is 6.28. The van der Waals surface area contributed by atoms with E-state index in [9.17, 15) is 0 Å². The molecule has 5 rings (SSSR count). The van der Waals surface area contributed by atoms with E-state index in [-0.39, 0.29) is 0 Å². The average Bonchev–Trinajstić information content (AvgIpc) is 3.15. The molecule has 4 nitrogen and oxygen atoms in total. The number of nitrogens with zero attached hydrogens (tertiary/aromatic N) is 2. The average molecular weight is 314 g/mol. The van der Waals surface area contributed by atoms with Gasteiger partial charge in [0.1, 0.15) is 5.82 Å². The van der Waals surface area contributed by atoms with Gasteiger partial charge in [-0.1, -0.05) is 30.3 Å². The number of H-pyrrole nitrogens is 1. The predicted octanol–water partition coefficient (Wildman–Crippen LogP) is 3.70. The van der Waals surface area contributed by atoms with E-state index in [2.05, 4.69) is 70.5 Å². The summed E-state index contributed by atoms with van der Waals surface area (Å²) in [6.45, 7) is 0.949. The highest BCUT2D eigenvalue weighted by molar-refractivity contribution is 5.93. The summed E-state index contributed by atoms with van der Waals surface area (Å²) in [6.07, 6.45) is 3.19. The smallest absolute Gasteiger partial charge is 0.135 e. The first-order valence-corrected chi connectivity index (χ1v) is 8.28. The molecule has 0 fully saturated rings. The Morgan fingerprint density at radius 2 is 1.92 bits per heavy atom. The minimum atomic E-state index is 0.949. The number of imidazole rings is 1. The Kier molecular flexibility index (Phi) is 2.80.